The summed E-state index contributed by atoms with van der Waals surface area (Å²) >= 11 is 0. The number of nitrogens with two attached hydrogens (primary N) is 1. The van der Waals surface area contributed by atoms with Crippen LogP contribution in [0.1, 0.15) is 25.7 Å². The second-order valence-corrected chi connectivity index (χ2v) is 6.86. The normalized spacial score (nSPS) is 23.7. The number of pyridine rings is 1. The first-order valence-electron chi connectivity index (χ1n) is 6.85. The maximum atomic E-state index is 13.5. The first-order chi connectivity index (χ1) is 9.54. The molecular formula is C13H20FN3O2S. The molecule has 0 aliphatic heterocycles. The fourth-order valence-electron chi connectivity index (χ4n) is 2.72. The number of hydrogen-bond donors (Lipinski definition) is 2. The Hall–Kier alpha value is -1.05. The first-order valence-corrected chi connectivity index (χ1v) is 8.33. The Morgan fingerprint density at radius 3 is 2.70 bits per heavy atom. The molecule has 1 aromatic rings. The van der Waals surface area contributed by atoms with E-state index in [-0.39, 0.29) is 5.92 Å². The van der Waals surface area contributed by atoms with E-state index in [4.69, 9.17) is 5.73 Å². The van der Waals surface area contributed by atoms with Gasteiger partial charge in [0.25, 0.3) is 10.0 Å². The summed E-state index contributed by atoms with van der Waals surface area (Å²) in [4.78, 5) is 3.60. The number of aromatic nitrogens is 1. The Labute approximate surface area is 118 Å². The number of sulfonamides is 1. The second-order valence-electron chi connectivity index (χ2n) is 5.18. The second kappa shape index (κ2) is 6.60. The molecule has 3 N–H and O–H groups in total. The van der Waals surface area contributed by atoms with Crippen LogP contribution in [-0.4, -0.2) is 26.5 Å². The van der Waals surface area contributed by atoms with E-state index >= 15 is 0 Å². The molecule has 2 unspecified atom stereocenters. The van der Waals surface area contributed by atoms with E-state index in [1.807, 2.05) is 0 Å². The fourth-order valence-corrected chi connectivity index (χ4v) is 3.81. The minimum atomic E-state index is -3.90. The van der Waals surface area contributed by atoms with Gasteiger partial charge in [0.2, 0.25) is 5.03 Å². The monoisotopic (exact) mass is 301 g/mol. The van der Waals surface area contributed by atoms with Crippen LogP contribution < -0.4 is 10.5 Å². The molecule has 0 saturated heterocycles. The molecule has 0 amide bonds. The standard InChI is InChI=1S/C13H20FN3O2S/c14-12-6-3-7-16-13(12)20(18,19)17-9-11-5-2-1-4-10(11)8-15/h3,6-7,10-11,17H,1-2,4-5,8-9,15H2. The average Bonchev–Trinajstić information content (AvgIpc) is 2.46. The Balaban J connectivity index is 2.04. The summed E-state index contributed by atoms with van der Waals surface area (Å²) in [6.07, 6.45) is 5.47. The molecule has 1 aromatic heterocycles. The van der Waals surface area contributed by atoms with Crippen molar-refractivity contribution in [3.63, 3.8) is 0 Å². The molecule has 2 rings (SSSR count). The van der Waals surface area contributed by atoms with Gasteiger partial charge in [-0.1, -0.05) is 12.8 Å². The van der Waals surface area contributed by atoms with Crippen LogP contribution in [-0.2, 0) is 10.0 Å². The van der Waals surface area contributed by atoms with E-state index < -0.39 is 20.9 Å². The van der Waals surface area contributed by atoms with Gasteiger partial charge in [-0.25, -0.2) is 22.5 Å². The van der Waals surface area contributed by atoms with Gasteiger partial charge in [0.1, 0.15) is 0 Å². The maximum Gasteiger partial charge on any atom is 0.261 e. The lowest BCUT2D eigenvalue weighted by Gasteiger charge is -2.30. The molecule has 2 atom stereocenters. The van der Waals surface area contributed by atoms with Crippen LogP contribution >= 0.6 is 0 Å². The van der Waals surface area contributed by atoms with Crippen molar-refractivity contribution in [2.45, 2.75) is 30.7 Å². The van der Waals surface area contributed by atoms with Gasteiger partial charge in [0, 0.05) is 12.7 Å². The van der Waals surface area contributed by atoms with Crippen LogP contribution in [0.15, 0.2) is 23.4 Å². The van der Waals surface area contributed by atoms with E-state index in [0.717, 1.165) is 31.7 Å². The molecule has 0 bridgehead atoms. The van der Waals surface area contributed by atoms with Crippen molar-refractivity contribution in [2.24, 2.45) is 17.6 Å². The topological polar surface area (TPSA) is 85.1 Å². The Morgan fingerprint density at radius 1 is 1.35 bits per heavy atom. The molecule has 1 aliphatic carbocycles. The molecular weight excluding hydrogens is 281 g/mol. The van der Waals surface area contributed by atoms with E-state index in [0.29, 0.717) is 19.0 Å². The van der Waals surface area contributed by atoms with Crippen LogP contribution in [0.4, 0.5) is 4.39 Å². The van der Waals surface area contributed by atoms with Gasteiger partial charge in [-0.2, -0.15) is 0 Å². The number of nitrogens with zero attached hydrogens (tertiary/aromatic N) is 1. The van der Waals surface area contributed by atoms with Crippen LogP contribution in [0.25, 0.3) is 0 Å². The third kappa shape index (κ3) is 3.53. The predicted molar refractivity (Wildman–Crippen MR) is 73.9 cm³/mol. The van der Waals surface area contributed by atoms with E-state index in [2.05, 4.69) is 9.71 Å². The quantitative estimate of drug-likeness (QED) is 0.857. The summed E-state index contributed by atoms with van der Waals surface area (Å²) in [5, 5.41) is -0.542. The van der Waals surface area contributed by atoms with Crippen molar-refractivity contribution < 1.29 is 12.8 Å². The van der Waals surface area contributed by atoms with Crippen molar-refractivity contribution >= 4 is 10.0 Å². The van der Waals surface area contributed by atoms with Gasteiger partial charge in [-0.3, -0.25) is 0 Å². The number of halogens is 1. The Morgan fingerprint density at radius 2 is 2.05 bits per heavy atom. The molecule has 7 heteroatoms. The maximum absolute atomic E-state index is 13.5. The van der Waals surface area contributed by atoms with Crippen molar-refractivity contribution in [3.8, 4) is 0 Å². The molecule has 112 valence electrons. The molecule has 1 aliphatic rings. The first kappa shape index (κ1) is 15.3. The highest BCUT2D eigenvalue weighted by Gasteiger charge is 2.27. The molecule has 0 radical (unpaired) electrons. The molecule has 1 saturated carbocycles. The number of nitrogens with one attached hydrogen (secondary N) is 1. The predicted octanol–water partition coefficient (Wildman–Crippen LogP) is 1.26. The van der Waals surface area contributed by atoms with Crippen LogP contribution in [0.5, 0.6) is 0 Å². The van der Waals surface area contributed by atoms with Crippen molar-refractivity contribution in [1.29, 1.82) is 0 Å². The largest absolute Gasteiger partial charge is 0.330 e. The third-order valence-electron chi connectivity index (χ3n) is 3.88. The highest BCUT2D eigenvalue weighted by atomic mass is 32.2. The van der Waals surface area contributed by atoms with Gasteiger partial charge in [0.05, 0.1) is 0 Å². The summed E-state index contributed by atoms with van der Waals surface area (Å²) in [6.45, 7) is 0.852. The zero-order valence-electron chi connectivity index (χ0n) is 11.3. The van der Waals surface area contributed by atoms with Crippen LogP contribution in [0.2, 0.25) is 0 Å². The van der Waals surface area contributed by atoms with Gasteiger partial charge < -0.3 is 5.73 Å². The van der Waals surface area contributed by atoms with Crippen LogP contribution in [0.3, 0.4) is 0 Å². The summed E-state index contributed by atoms with van der Waals surface area (Å²) < 4.78 is 40.0. The van der Waals surface area contributed by atoms with E-state index in [9.17, 15) is 12.8 Å². The lowest BCUT2D eigenvalue weighted by molar-refractivity contribution is 0.244. The summed E-state index contributed by atoms with van der Waals surface area (Å²) in [7, 11) is -3.90. The highest BCUT2D eigenvalue weighted by molar-refractivity contribution is 7.89. The smallest absolute Gasteiger partial charge is 0.261 e. The minimum Gasteiger partial charge on any atom is -0.330 e. The van der Waals surface area contributed by atoms with Gasteiger partial charge in [-0.05, 0) is 43.4 Å². The van der Waals surface area contributed by atoms with Crippen molar-refractivity contribution in [3.05, 3.63) is 24.1 Å². The molecule has 20 heavy (non-hydrogen) atoms. The van der Waals surface area contributed by atoms with Crippen molar-refractivity contribution in [1.82, 2.24) is 9.71 Å². The molecule has 5 nitrogen and oxygen atoms in total. The zero-order valence-corrected chi connectivity index (χ0v) is 12.1. The molecule has 0 aromatic carbocycles. The van der Waals surface area contributed by atoms with E-state index in [1.165, 1.54) is 12.3 Å². The lowest BCUT2D eigenvalue weighted by atomic mass is 9.79. The molecule has 1 heterocycles. The minimum absolute atomic E-state index is 0.218. The van der Waals surface area contributed by atoms with Crippen LogP contribution in [0, 0.1) is 17.7 Å². The molecule has 0 spiro atoms. The average molecular weight is 301 g/mol. The SMILES string of the molecule is NCC1CCCCC1CNS(=O)(=O)c1ncccc1F. The van der Waals surface area contributed by atoms with Gasteiger partial charge in [-0.15, -0.1) is 0 Å². The van der Waals surface area contributed by atoms with E-state index in [1.54, 1.807) is 0 Å². The Bertz CT molecular complexity index is 550. The Kier molecular flexibility index (Phi) is 5.06. The zero-order chi connectivity index (χ0) is 14.6. The lowest BCUT2D eigenvalue weighted by Crippen LogP contribution is -2.37. The highest BCUT2D eigenvalue weighted by Crippen LogP contribution is 2.29. The summed E-state index contributed by atoms with van der Waals surface area (Å²) in [6, 6.07) is 2.45. The molecule has 1 fully saturated rings. The fraction of sp³-hybridized carbons (Fsp3) is 0.615. The summed E-state index contributed by atoms with van der Waals surface area (Å²) in [5.41, 5.74) is 5.72. The number of rotatable bonds is 5. The van der Waals surface area contributed by atoms with Gasteiger partial charge in [0.15, 0.2) is 5.82 Å². The third-order valence-corrected chi connectivity index (χ3v) is 5.24. The summed E-state index contributed by atoms with van der Waals surface area (Å²) in [5.74, 6) is -0.283. The number of hydrogen-bond acceptors (Lipinski definition) is 4. The van der Waals surface area contributed by atoms with Gasteiger partial charge >= 0.3 is 0 Å². The van der Waals surface area contributed by atoms with Crippen molar-refractivity contribution in [2.75, 3.05) is 13.1 Å².